The number of benzene rings is 1. The molecule has 0 bridgehead atoms. The fourth-order valence-electron chi connectivity index (χ4n) is 1.08. The van der Waals surface area contributed by atoms with Crippen molar-refractivity contribution in [1.82, 2.24) is 0 Å². The van der Waals surface area contributed by atoms with Crippen LogP contribution in [0, 0.1) is 11.3 Å². The molecule has 0 aromatic heterocycles. The quantitative estimate of drug-likeness (QED) is 0.510. The average molecular weight is 272 g/mol. The van der Waals surface area contributed by atoms with E-state index in [4.69, 9.17) is 28.5 Å². The standard InChI is InChI=1S/C11H7Cl2NO3/c1-17-11(16)7(5-14)2-6-3-8(12)10(15)9(13)4-6/h2-4,15H,1H3/b7-2+. The summed E-state index contributed by atoms with van der Waals surface area (Å²) in [7, 11) is 1.17. The van der Waals surface area contributed by atoms with Crippen LogP contribution in [0.2, 0.25) is 10.0 Å². The molecule has 17 heavy (non-hydrogen) atoms. The van der Waals surface area contributed by atoms with Crippen LogP contribution in [0.5, 0.6) is 5.75 Å². The third-order valence-corrected chi connectivity index (χ3v) is 2.45. The Balaban J connectivity index is 3.23. The van der Waals surface area contributed by atoms with Crippen LogP contribution in [-0.2, 0) is 9.53 Å². The van der Waals surface area contributed by atoms with E-state index >= 15 is 0 Å². The number of ether oxygens (including phenoxy) is 1. The number of nitriles is 1. The maximum atomic E-state index is 11.2. The molecular formula is C11H7Cl2NO3. The monoisotopic (exact) mass is 271 g/mol. The average Bonchev–Trinajstić information content (AvgIpc) is 2.31. The first-order valence-corrected chi connectivity index (χ1v) is 5.13. The molecule has 0 spiro atoms. The largest absolute Gasteiger partial charge is 0.505 e. The summed E-state index contributed by atoms with van der Waals surface area (Å²) in [5.74, 6) is -1.00. The number of carbonyl (C=O) groups excluding carboxylic acids is 1. The van der Waals surface area contributed by atoms with E-state index in [-0.39, 0.29) is 21.4 Å². The molecule has 0 aliphatic carbocycles. The van der Waals surface area contributed by atoms with Crippen molar-refractivity contribution in [3.63, 3.8) is 0 Å². The molecule has 0 saturated carbocycles. The molecule has 0 aliphatic rings. The van der Waals surface area contributed by atoms with Crippen LogP contribution in [0.15, 0.2) is 17.7 Å². The highest BCUT2D eigenvalue weighted by molar-refractivity contribution is 6.37. The number of hydrogen-bond donors (Lipinski definition) is 1. The van der Waals surface area contributed by atoms with E-state index in [0.717, 1.165) is 0 Å². The fraction of sp³-hybridized carbons (Fsp3) is 0.0909. The van der Waals surface area contributed by atoms with E-state index in [1.54, 1.807) is 6.07 Å². The second-order valence-corrected chi connectivity index (χ2v) is 3.81. The Morgan fingerprint density at radius 2 is 2.00 bits per heavy atom. The summed E-state index contributed by atoms with van der Waals surface area (Å²) in [4.78, 5) is 11.2. The van der Waals surface area contributed by atoms with Crippen molar-refractivity contribution in [2.75, 3.05) is 7.11 Å². The molecule has 1 aromatic carbocycles. The number of rotatable bonds is 2. The Labute approximate surface area is 108 Å². The van der Waals surface area contributed by atoms with Gasteiger partial charge < -0.3 is 9.84 Å². The van der Waals surface area contributed by atoms with E-state index in [2.05, 4.69) is 4.74 Å². The lowest BCUT2D eigenvalue weighted by Gasteiger charge is -2.02. The summed E-state index contributed by atoms with van der Waals surface area (Å²) in [6.07, 6.45) is 1.27. The van der Waals surface area contributed by atoms with Crippen LogP contribution in [0.4, 0.5) is 0 Å². The number of methoxy groups -OCH3 is 1. The minimum absolute atomic E-state index is 0.0332. The van der Waals surface area contributed by atoms with Gasteiger partial charge in [-0.1, -0.05) is 23.2 Å². The number of phenolic OH excluding ortho intramolecular Hbond substituents is 1. The molecule has 1 N–H and O–H groups in total. The Kier molecular flexibility index (Phi) is 4.38. The Hall–Kier alpha value is -1.70. The van der Waals surface area contributed by atoms with Gasteiger partial charge in [-0.05, 0) is 23.8 Å². The van der Waals surface area contributed by atoms with Gasteiger partial charge in [0, 0.05) is 0 Å². The lowest BCUT2D eigenvalue weighted by molar-refractivity contribution is -0.135. The molecule has 0 amide bonds. The van der Waals surface area contributed by atoms with Crippen LogP contribution in [-0.4, -0.2) is 18.2 Å². The van der Waals surface area contributed by atoms with Gasteiger partial charge in [-0.2, -0.15) is 5.26 Å². The summed E-state index contributed by atoms with van der Waals surface area (Å²) in [5, 5.41) is 18.2. The first-order valence-electron chi connectivity index (χ1n) is 4.37. The zero-order valence-corrected chi connectivity index (χ0v) is 10.2. The predicted octanol–water partition coefficient (Wildman–Crippen LogP) is 2.78. The number of nitrogens with zero attached hydrogens (tertiary/aromatic N) is 1. The molecule has 6 heteroatoms. The second kappa shape index (κ2) is 5.58. The van der Waals surface area contributed by atoms with Crippen molar-refractivity contribution < 1.29 is 14.6 Å². The van der Waals surface area contributed by atoms with Crippen molar-refractivity contribution in [2.45, 2.75) is 0 Å². The summed E-state index contributed by atoms with van der Waals surface area (Å²) in [5.41, 5.74) is 0.227. The molecule has 0 aliphatic heterocycles. The van der Waals surface area contributed by atoms with Crippen LogP contribution in [0.25, 0.3) is 6.08 Å². The minimum atomic E-state index is -0.757. The fourth-order valence-corrected chi connectivity index (χ4v) is 1.59. The topological polar surface area (TPSA) is 70.3 Å². The van der Waals surface area contributed by atoms with Gasteiger partial charge in [-0.3, -0.25) is 0 Å². The number of carbonyl (C=O) groups is 1. The minimum Gasteiger partial charge on any atom is -0.505 e. The van der Waals surface area contributed by atoms with Crippen molar-refractivity contribution in [2.24, 2.45) is 0 Å². The van der Waals surface area contributed by atoms with E-state index in [9.17, 15) is 9.90 Å². The highest BCUT2D eigenvalue weighted by atomic mass is 35.5. The SMILES string of the molecule is COC(=O)/C(C#N)=C/c1cc(Cl)c(O)c(Cl)c1. The zero-order valence-electron chi connectivity index (χ0n) is 8.70. The third kappa shape index (κ3) is 3.13. The number of hydrogen-bond acceptors (Lipinski definition) is 4. The van der Waals surface area contributed by atoms with E-state index in [1.807, 2.05) is 0 Å². The first-order chi connectivity index (χ1) is 7.99. The van der Waals surface area contributed by atoms with Crippen LogP contribution in [0.3, 0.4) is 0 Å². The van der Waals surface area contributed by atoms with Crippen molar-refractivity contribution in [3.05, 3.63) is 33.3 Å². The summed E-state index contributed by atoms with van der Waals surface area (Å²) < 4.78 is 4.41. The highest BCUT2D eigenvalue weighted by Gasteiger charge is 2.10. The van der Waals surface area contributed by atoms with Gasteiger partial charge in [0.25, 0.3) is 0 Å². The molecule has 0 radical (unpaired) electrons. The molecule has 0 fully saturated rings. The summed E-state index contributed by atoms with van der Waals surface area (Å²) >= 11 is 11.4. The lowest BCUT2D eigenvalue weighted by atomic mass is 10.1. The van der Waals surface area contributed by atoms with Gasteiger partial charge in [-0.15, -0.1) is 0 Å². The Bertz CT molecular complexity index is 509. The highest BCUT2D eigenvalue weighted by Crippen LogP contribution is 2.33. The molecule has 1 aromatic rings. The number of phenols is 1. The zero-order chi connectivity index (χ0) is 13.0. The summed E-state index contributed by atoms with van der Waals surface area (Å²) in [6.45, 7) is 0. The van der Waals surface area contributed by atoms with Crippen LogP contribution < -0.4 is 0 Å². The maximum absolute atomic E-state index is 11.2. The molecule has 0 saturated heterocycles. The van der Waals surface area contributed by atoms with Gasteiger partial charge in [0.1, 0.15) is 11.6 Å². The van der Waals surface area contributed by atoms with E-state index in [0.29, 0.717) is 5.56 Å². The van der Waals surface area contributed by atoms with Crippen LogP contribution in [0.1, 0.15) is 5.56 Å². The Morgan fingerprint density at radius 3 is 2.41 bits per heavy atom. The predicted molar refractivity (Wildman–Crippen MR) is 63.7 cm³/mol. The van der Waals surface area contributed by atoms with Gasteiger partial charge >= 0.3 is 5.97 Å². The third-order valence-electron chi connectivity index (χ3n) is 1.88. The maximum Gasteiger partial charge on any atom is 0.348 e. The van der Waals surface area contributed by atoms with Crippen LogP contribution >= 0.6 is 23.2 Å². The van der Waals surface area contributed by atoms with Gasteiger partial charge in [0.2, 0.25) is 0 Å². The normalized spacial score (nSPS) is 10.8. The smallest absolute Gasteiger partial charge is 0.348 e. The van der Waals surface area contributed by atoms with Crippen molar-refractivity contribution >= 4 is 35.2 Å². The van der Waals surface area contributed by atoms with E-state index < -0.39 is 5.97 Å². The lowest BCUT2D eigenvalue weighted by Crippen LogP contribution is -2.02. The molecule has 1 rings (SSSR count). The first kappa shape index (κ1) is 13.4. The molecule has 0 heterocycles. The molecular weight excluding hydrogens is 265 g/mol. The number of esters is 1. The van der Waals surface area contributed by atoms with Crippen molar-refractivity contribution in [3.8, 4) is 11.8 Å². The molecule has 4 nitrogen and oxygen atoms in total. The molecule has 88 valence electrons. The van der Waals surface area contributed by atoms with Crippen molar-refractivity contribution in [1.29, 1.82) is 5.26 Å². The van der Waals surface area contributed by atoms with Gasteiger partial charge in [0.15, 0.2) is 5.75 Å². The second-order valence-electron chi connectivity index (χ2n) is 2.99. The number of aromatic hydroxyl groups is 1. The summed E-state index contributed by atoms with van der Waals surface area (Å²) in [6, 6.07) is 4.45. The van der Waals surface area contributed by atoms with E-state index in [1.165, 1.54) is 25.3 Å². The molecule has 0 unspecified atom stereocenters. The molecule has 0 atom stereocenters. The van der Waals surface area contributed by atoms with Gasteiger partial charge in [0.05, 0.1) is 17.2 Å². The van der Waals surface area contributed by atoms with Gasteiger partial charge in [-0.25, -0.2) is 4.79 Å². The number of halogens is 2. The Morgan fingerprint density at radius 1 is 1.47 bits per heavy atom.